The van der Waals surface area contributed by atoms with E-state index in [-0.39, 0.29) is 12.5 Å². The lowest BCUT2D eigenvalue weighted by Gasteiger charge is -2.07. The van der Waals surface area contributed by atoms with Crippen LogP contribution in [0.3, 0.4) is 0 Å². The lowest BCUT2D eigenvalue weighted by molar-refractivity contribution is -0.114. The van der Waals surface area contributed by atoms with Crippen LogP contribution in [-0.2, 0) is 16.1 Å². The molecule has 0 spiro atoms. The van der Waals surface area contributed by atoms with Gasteiger partial charge in [-0.2, -0.15) is 0 Å². The van der Waals surface area contributed by atoms with Gasteiger partial charge in [-0.25, -0.2) is 4.79 Å². The van der Waals surface area contributed by atoms with Gasteiger partial charge >= 0.3 is 5.97 Å². The third kappa shape index (κ3) is 3.85. The maximum Gasteiger partial charge on any atom is 0.341 e. The van der Waals surface area contributed by atoms with Crippen molar-refractivity contribution in [1.82, 2.24) is 0 Å². The van der Waals surface area contributed by atoms with E-state index in [0.29, 0.717) is 22.8 Å². The molecule has 0 bridgehead atoms. The van der Waals surface area contributed by atoms with Crippen LogP contribution in [0.5, 0.6) is 5.75 Å². The Morgan fingerprint density at radius 3 is 2.52 bits per heavy atom. The highest BCUT2D eigenvalue weighted by atomic mass is 16.5. The lowest BCUT2D eigenvalue weighted by atomic mass is 10.2. The van der Waals surface area contributed by atoms with Crippen LogP contribution < -0.4 is 10.1 Å². The van der Waals surface area contributed by atoms with Crippen molar-refractivity contribution < 1.29 is 23.5 Å². The standard InChI is InChI=1S/C15H15NO5/c1-10(17)16-11-3-5-12(6-4-11)21-9-14-13(7-8-20-14)15(18)19-2/h3-8H,9H2,1-2H3,(H,16,17). The van der Waals surface area contributed by atoms with Gasteiger partial charge < -0.3 is 19.2 Å². The Hall–Kier alpha value is -2.76. The zero-order valence-corrected chi connectivity index (χ0v) is 11.7. The fourth-order valence-corrected chi connectivity index (χ4v) is 1.73. The number of ether oxygens (including phenoxy) is 2. The highest BCUT2D eigenvalue weighted by molar-refractivity contribution is 5.90. The molecule has 1 heterocycles. The van der Waals surface area contributed by atoms with Gasteiger partial charge in [-0.3, -0.25) is 4.79 Å². The fraction of sp³-hybridized carbons (Fsp3) is 0.200. The van der Waals surface area contributed by atoms with E-state index >= 15 is 0 Å². The summed E-state index contributed by atoms with van der Waals surface area (Å²) in [5.74, 6) is 0.384. The number of carbonyl (C=O) groups is 2. The Kier molecular flexibility index (Phi) is 4.61. The van der Waals surface area contributed by atoms with Crippen LogP contribution in [0, 0.1) is 0 Å². The summed E-state index contributed by atoms with van der Waals surface area (Å²) in [5, 5.41) is 2.66. The summed E-state index contributed by atoms with van der Waals surface area (Å²) in [7, 11) is 1.31. The molecular formula is C15H15NO5. The number of benzene rings is 1. The Morgan fingerprint density at radius 1 is 1.19 bits per heavy atom. The molecule has 0 atom stereocenters. The molecule has 1 aromatic carbocycles. The van der Waals surface area contributed by atoms with Gasteiger partial charge in [-0.15, -0.1) is 0 Å². The minimum absolute atomic E-state index is 0.108. The predicted octanol–water partition coefficient (Wildman–Crippen LogP) is 2.60. The van der Waals surface area contributed by atoms with E-state index in [1.54, 1.807) is 24.3 Å². The van der Waals surface area contributed by atoms with Crippen LogP contribution in [0.4, 0.5) is 5.69 Å². The maximum atomic E-state index is 11.5. The Bertz CT molecular complexity index is 630. The van der Waals surface area contributed by atoms with E-state index in [4.69, 9.17) is 9.15 Å². The number of furan rings is 1. The summed E-state index contributed by atoms with van der Waals surface area (Å²) in [6.45, 7) is 1.55. The normalized spacial score (nSPS) is 10.0. The molecule has 0 radical (unpaired) electrons. The molecule has 1 N–H and O–H groups in total. The van der Waals surface area contributed by atoms with Crippen molar-refractivity contribution in [1.29, 1.82) is 0 Å². The molecule has 6 nitrogen and oxygen atoms in total. The molecule has 1 aromatic heterocycles. The van der Waals surface area contributed by atoms with E-state index < -0.39 is 5.97 Å². The molecule has 1 amide bonds. The zero-order chi connectivity index (χ0) is 15.2. The minimum atomic E-state index is -0.469. The summed E-state index contributed by atoms with van der Waals surface area (Å²) in [5.41, 5.74) is 1.02. The maximum absolute atomic E-state index is 11.5. The van der Waals surface area contributed by atoms with Gasteiger partial charge in [0.15, 0.2) is 5.76 Å². The minimum Gasteiger partial charge on any atom is -0.486 e. The van der Waals surface area contributed by atoms with E-state index in [0.717, 1.165) is 0 Å². The first-order chi connectivity index (χ1) is 10.1. The molecule has 21 heavy (non-hydrogen) atoms. The number of rotatable bonds is 5. The highest BCUT2D eigenvalue weighted by Gasteiger charge is 2.15. The van der Waals surface area contributed by atoms with Crippen LogP contribution >= 0.6 is 0 Å². The van der Waals surface area contributed by atoms with E-state index in [1.807, 2.05) is 0 Å². The number of hydrogen-bond acceptors (Lipinski definition) is 5. The Labute approximate surface area is 121 Å². The second-order valence-corrected chi connectivity index (χ2v) is 4.24. The fourth-order valence-electron chi connectivity index (χ4n) is 1.73. The predicted molar refractivity (Wildman–Crippen MR) is 75.1 cm³/mol. The van der Waals surface area contributed by atoms with Crippen molar-refractivity contribution in [2.45, 2.75) is 13.5 Å². The number of nitrogens with one attached hydrogen (secondary N) is 1. The number of hydrogen-bond donors (Lipinski definition) is 1. The van der Waals surface area contributed by atoms with Crippen molar-refractivity contribution in [2.75, 3.05) is 12.4 Å². The molecule has 2 rings (SSSR count). The number of carbonyl (C=O) groups excluding carboxylic acids is 2. The Morgan fingerprint density at radius 2 is 1.90 bits per heavy atom. The van der Waals surface area contributed by atoms with Crippen LogP contribution in [0.1, 0.15) is 23.0 Å². The number of methoxy groups -OCH3 is 1. The van der Waals surface area contributed by atoms with Crippen molar-refractivity contribution in [3.05, 3.63) is 47.9 Å². The highest BCUT2D eigenvalue weighted by Crippen LogP contribution is 2.19. The summed E-state index contributed by atoms with van der Waals surface area (Å²) in [4.78, 5) is 22.4. The summed E-state index contributed by atoms with van der Waals surface area (Å²) < 4.78 is 15.4. The van der Waals surface area contributed by atoms with Gasteiger partial charge in [-0.05, 0) is 30.3 Å². The summed E-state index contributed by atoms with van der Waals surface area (Å²) in [6.07, 6.45) is 1.41. The van der Waals surface area contributed by atoms with E-state index in [1.165, 1.54) is 26.4 Å². The summed E-state index contributed by atoms with van der Waals surface area (Å²) in [6, 6.07) is 8.41. The molecule has 6 heteroatoms. The van der Waals surface area contributed by atoms with Crippen molar-refractivity contribution in [3.8, 4) is 5.75 Å². The van der Waals surface area contributed by atoms with E-state index in [9.17, 15) is 9.59 Å². The SMILES string of the molecule is COC(=O)c1ccoc1COc1ccc(NC(C)=O)cc1. The smallest absolute Gasteiger partial charge is 0.341 e. The van der Waals surface area contributed by atoms with Crippen LogP contribution in [0.2, 0.25) is 0 Å². The van der Waals surface area contributed by atoms with Gasteiger partial charge in [0.1, 0.15) is 17.9 Å². The number of amides is 1. The number of esters is 1. The third-order valence-electron chi connectivity index (χ3n) is 2.70. The molecule has 0 saturated carbocycles. The van der Waals surface area contributed by atoms with Gasteiger partial charge in [0.25, 0.3) is 0 Å². The number of anilines is 1. The molecule has 0 aliphatic carbocycles. The van der Waals surface area contributed by atoms with Crippen molar-refractivity contribution >= 4 is 17.6 Å². The Balaban J connectivity index is 1.98. The second-order valence-electron chi connectivity index (χ2n) is 4.24. The quantitative estimate of drug-likeness (QED) is 0.856. The van der Waals surface area contributed by atoms with Gasteiger partial charge in [0, 0.05) is 12.6 Å². The third-order valence-corrected chi connectivity index (χ3v) is 2.70. The largest absolute Gasteiger partial charge is 0.486 e. The topological polar surface area (TPSA) is 77.8 Å². The van der Waals surface area contributed by atoms with E-state index in [2.05, 4.69) is 10.1 Å². The molecule has 0 unspecified atom stereocenters. The monoisotopic (exact) mass is 289 g/mol. The van der Waals surface area contributed by atoms with Gasteiger partial charge in [0.05, 0.1) is 13.4 Å². The first-order valence-electron chi connectivity index (χ1n) is 6.25. The lowest BCUT2D eigenvalue weighted by Crippen LogP contribution is -2.06. The van der Waals surface area contributed by atoms with Gasteiger partial charge in [-0.1, -0.05) is 0 Å². The van der Waals surface area contributed by atoms with Crippen molar-refractivity contribution in [3.63, 3.8) is 0 Å². The molecule has 0 saturated heterocycles. The molecular weight excluding hydrogens is 274 g/mol. The van der Waals surface area contributed by atoms with Gasteiger partial charge in [0.2, 0.25) is 5.91 Å². The second kappa shape index (κ2) is 6.60. The molecule has 0 aliphatic heterocycles. The van der Waals surface area contributed by atoms with Crippen LogP contribution in [0.15, 0.2) is 41.0 Å². The molecule has 0 fully saturated rings. The average molecular weight is 289 g/mol. The first-order valence-corrected chi connectivity index (χ1v) is 6.25. The molecule has 110 valence electrons. The average Bonchev–Trinajstić information content (AvgIpc) is 2.93. The van der Waals surface area contributed by atoms with Crippen LogP contribution in [0.25, 0.3) is 0 Å². The van der Waals surface area contributed by atoms with Crippen molar-refractivity contribution in [2.24, 2.45) is 0 Å². The summed E-state index contributed by atoms with van der Waals surface area (Å²) >= 11 is 0. The molecule has 0 aliphatic rings. The first kappa shape index (κ1) is 14.6. The zero-order valence-electron chi connectivity index (χ0n) is 11.7. The van der Waals surface area contributed by atoms with Crippen LogP contribution in [-0.4, -0.2) is 19.0 Å². The molecule has 2 aromatic rings.